The molecule has 0 aliphatic carbocycles. The van der Waals surface area contributed by atoms with Gasteiger partial charge in [-0.1, -0.05) is 24.3 Å². The molecular formula is C21H22F2N2O2. The van der Waals surface area contributed by atoms with Gasteiger partial charge in [-0.25, -0.2) is 8.78 Å². The first-order chi connectivity index (χ1) is 13.0. The Labute approximate surface area is 157 Å². The molecule has 0 spiro atoms. The van der Waals surface area contributed by atoms with Crippen LogP contribution in [0.5, 0.6) is 0 Å². The highest BCUT2D eigenvalue weighted by atomic mass is 19.1. The van der Waals surface area contributed by atoms with Crippen LogP contribution in [0.2, 0.25) is 0 Å². The van der Waals surface area contributed by atoms with Crippen molar-refractivity contribution >= 4 is 11.6 Å². The summed E-state index contributed by atoms with van der Waals surface area (Å²) in [5, 5.41) is 0. The molecule has 1 aliphatic heterocycles. The van der Waals surface area contributed by atoms with Gasteiger partial charge < -0.3 is 0 Å². The molecule has 0 saturated heterocycles. The molecular weight excluding hydrogens is 350 g/mol. The third-order valence-corrected chi connectivity index (χ3v) is 4.82. The van der Waals surface area contributed by atoms with Crippen LogP contribution in [0.1, 0.15) is 29.0 Å². The largest absolute Gasteiger partial charge is 0.299 e. The highest BCUT2D eigenvalue weighted by molar-refractivity contribution is 5.92. The number of aliphatic imine (C=N–C) groups is 1. The van der Waals surface area contributed by atoms with Crippen LogP contribution in [0.15, 0.2) is 47.5 Å². The zero-order chi connectivity index (χ0) is 19.4. The molecule has 0 radical (unpaired) electrons. The Hall–Kier alpha value is -2.60. The summed E-state index contributed by atoms with van der Waals surface area (Å²) in [5.41, 5.74) is 4.87. The summed E-state index contributed by atoms with van der Waals surface area (Å²) in [6.07, 6.45) is 0.394. The molecule has 4 nitrogen and oxygen atoms in total. The molecule has 27 heavy (non-hydrogen) atoms. The van der Waals surface area contributed by atoms with Crippen molar-refractivity contribution in [3.63, 3.8) is 0 Å². The van der Waals surface area contributed by atoms with E-state index in [0.717, 1.165) is 11.1 Å². The van der Waals surface area contributed by atoms with E-state index in [1.54, 1.807) is 18.2 Å². The zero-order valence-electron chi connectivity index (χ0n) is 15.3. The van der Waals surface area contributed by atoms with Crippen LogP contribution >= 0.6 is 0 Å². The lowest BCUT2D eigenvalue weighted by molar-refractivity contribution is -0.119. The summed E-state index contributed by atoms with van der Waals surface area (Å²) >= 11 is 0. The predicted molar refractivity (Wildman–Crippen MR) is 99.5 cm³/mol. The second-order valence-corrected chi connectivity index (χ2v) is 6.82. The van der Waals surface area contributed by atoms with E-state index in [1.807, 2.05) is 13.0 Å². The van der Waals surface area contributed by atoms with E-state index in [0.29, 0.717) is 17.9 Å². The average Bonchev–Trinajstić information content (AvgIpc) is 3.00. The Morgan fingerprint density at radius 1 is 1.22 bits per heavy atom. The summed E-state index contributed by atoms with van der Waals surface area (Å²) in [6, 6.07) is 11.0. The fraction of sp³-hybridized carbons (Fsp3) is 0.333. The van der Waals surface area contributed by atoms with Gasteiger partial charge in [-0.15, -0.1) is 0 Å². The molecule has 142 valence electrons. The fourth-order valence-corrected chi connectivity index (χ4v) is 3.48. The topological polar surface area (TPSA) is 50.7 Å². The van der Waals surface area contributed by atoms with Crippen LogP contribution in [0, 0.1) is 24.5 Å². The minimum atomic E-state index is -0.337. The Balaban J connectivity index is 1.77. The number of carbonyl (C=O) groups is 1. The van der Waals surface area contributed by atoms with Gasteiger partial charge in [0.15, 0.2) is 0 Å². The number of aryl methyl sites for hydroxylation is 1. The number of nitrogens with zero attached hydrogens (tertiary/aromatic N) is 1. The summed E-state index contributed by atoms with van der Waals surface area (Å²) in [6.45, 7) is 2.22. The number of hydroxylamine groups is 1. The van der Waals surface area contributed by atoms with Gasteiger partial charge in [-0.05, 0) is 41.8 Å². The van der Waals surface area contributed by atoms with Crippen molar-refractivity contribution in [2.45, 2.75) is 25.7 Å². The monoisotopic (exact) mass is 372 g/mol. The SMILES string of the molecule is CONC1=NC[C@@H](c2ccc(C)cc2F)[C@@H]1CC(=O)Cc1ccc(F)cc1. The van der Waals surface area contributed by atoms with E-state index < -0.39 is 0 Å². The summed E-state index contributed by atoms with van der Waals surface area (Å²) in [4.78, 5) is 22.0. The fourth-order valence-electron chi connectivity index (χ4n) is 3.48. The number of amidine groups is 1. The Morgan fingerprint density at radius 2 is 1.96 bits per heavy atom. The average molecular weight is 372 g/mol. The molecule has 0 saturated carbocycles. The number of carbonyl (C=O) groups excluding carboxylic acids is 1. The second-order valence-electron chi connectivity index (χ2n) is 6.82. The van der Waals surface area contributed by atoms with E-state index >= 15 is 0 Å². The van der Waals surface area contributed by atoms with Crippen molar-refractivity contribution in [1.29, 1.82) is 0 Å². The molecule has 0 fully saturated rings. The first kappa shape index (κ1) is 19.2. The van der Waals surface area contributed by atoms with Crippen molar-refractivity contribution in [1.82, 2.24) is 5.48 Å². The molecule has 2 aromatic rings. The van der Waals surface area contributed by atoms with Crippen LogP contribution in [0.4, 0.5) is 8.78 Å². The number of rotatable bonds is 6. The molecule has 0 aromatic heterocycles. The van der Waals surface area contributed by atoms with Gasteiger partial charge in [-0.3, -0.25) is 20.1 Å². The van der Waals surface area contributed by atoms with E-state index in [4.69, 9.17) is 4.84 Å². The number of hydrogen-bond donors (Lipinski definition) is 1. The number of nitrogens with one attached hydrogen (secondary N) is 1. The lowest BCUT2D eigenvalue weighted by atomic mass is 9.83. The van der Waals surface area contributed by atoms with E-state index in [-0.39, 0.29) is 42.1 Å². The van der Waals surface area contributed by atoms with E-state index in [1.165, 1.54) is 25.3 Å². The van der Waals surface area contributed by atoms with Gasteiger partial charge >= 0.3 is 0 Å². The van der Waals surface area contributed by atoms with Crippen molar-refractivity contribution in [2.24, 2.45) is 10.9 Å². The minimum absolute atomic E-state index is 0.0170. The first-order valence-electron chi connectivity index (χ1n) is 8.83. The minimum Gasteiger partial charge on any atom is -0.299 e. The van der Waals surface area contributed by atoms with Gasteiger partial charge in [0.1, 0.15) is 23.3 Å². The smallest absolute Gasteiger partial charge is 0.138 e. The molecule has 2 aromatic carbocycles. The second kappa shape index (κ2) is 8.39. The Morgan fingerprint density at radius 3 is 2.63 bits per heavy atom. The lowest BCUT2D eigenvalue weighted by Gasteiger charge is -2.22. The van der Waals surface area contributed by atoms with Gasteiger partial charge in [0, 0.05) is 31.2 Å². The van der Waals surface area contributed by atoms with Crippen LogP contribution in [0.3, 0.4) is 0 Å². The number of hydrogen-bond acceptors (Lipinski definition) is 4. The van der Waals surface area contributed by atoms with Crippen LogP contribution in [0.25, 0.3) is 0 Å². The zero-order valence-corrected chi connectivity index (χ0v) is 15.3. The number of ketones is 1. The van der Waals surface area contributed by atoms with Gasteiger partial charge in [-0.2, -0.15) is 0 Å². The Kier molecular flexibility index (Phi) is 5.96. The van der Waals surface area contributed by atoms with Crippen molar-refractivity contribution in [3.05, 3.63) is 70.8 Å². The summed E-state index contributed by atoms with van der Waals surface area (Å²) in [7, 11) is 1.47. The summed E-state index contributed by atoms with van der Waals surface area (Å²) < 4.78 is 27.5. The molecule has 1 N–H and O–H groups in total. The van der Waals surface area contributed by atoms with Gasteiger partial charge in [0.2, 0.25) is 0 Å². The van der Waals surface area contributed by atoms with Crippen LogP contribution < -0.4 is 5.48 Å². The first-order valence-corrected chi connectivity index (χ1v) is 8.83. The van der Waals surface area contributed by atoms with Gasteiger partial charge in [0.25, 0.3) is 0 Å². The molecule has 1 aliphatic rings. The highest BCUT2D eigenvalue weighted by Crippen LogP contribution is 2.35. The van der Waals surface area contributed by atoms with Crippen LogP contribution in [-0.4, -0.2) is 25.3 Å². The number of Topliss-reactive ketones (excluding diaryl/α,β-unsaturated/α-hetero) is 1. The normalized spacial score (nSPS) is 19.0. The third-order valence-electron chi connectivity index (χ3n) is 4.82. The maximum Gasteiger partial charge on any atom is 0.138 e. The molecule has 0 amide bonds. The number of halogens is 2. The third kappa shape index (κ3) is 4.57. The molecule has 0 bridgehead atoms. The highest BCUT2D eigenvalue weighted by Gasteiger charge is 2.35. The van der Waals surface area contributed by atoms with E-state index in [2.05, 4.69) is 10.5 Å². The summed E-state index contributed by atoms with van der Waals surface area (Å²) in [5.74, 6) is -0.623. The predicted octanol–water partition coefficient (Wildman–Crippen LogP) is 3.74. The molecule has 3 rings (SSSR count). The molecule has 1 heterocycles. The maximum atomic E-state index is 14.5. The molecule has 0 unspecified atom stereocenters. The molecule has 6 heteroatoms. The van der Waals surface area contributed by atoms with Crippen LogP contribution in [-0.2, 0) is 16.1 Å². The van der Waals surface area contributed by atoms with Gasteiger partial charge in [0.05, 0.1) is 7.11 Å². The van der Waals surface area contributed by atoms with Crippen molar-refractivity contribution in [3.8, 4) is 0 Å². The number of benzene rings is 2. The Bertz CT molecular complexity index is 850. The van der Waals surface area contributed by atoms with E-state index in [9.17, 15) is 13.6 Å². The standard InChI is InChI=1S/C21H22F2N2O2/c1-13-3-8-17(20(23)9-13)19-12-24-21(25-27-2)18(19)11-16(26)10-14-4-6-15(22)7-5-14/h3-9,18-19H,10-12H2,1-2H3,(H,24,25)/t18-,19-/m0/s1. The molecule has 2 atom stereocenters. The lowest BCUT2D eigenvalue weighted by Crippen LogP contribution is -2.32. The van der Waals surface area contributed by atoms with Crippen molar-refractivity contribution in [2.75, 3.05) is 13.7 Å². The maximum absolute atomic E-state index is 14.5. The van der Waals surface area contributed by atoms with Crippen molar-refractivity contribution < 1.29 is 18.4 Å². The quantitative estimate of drug-likeness (QED) is 0.786.